The number of nitrogens with zero attached hydrogens (tertiary/aromatic N) is 3. The standard InChI is InChI=1S/C22H25N5O2/c1-15-20(25-14-24-15)16-9-12-27(13-10-16)21-19(4-3-11-23-21)26-22(28)17-5-7-18(29-2)8-6-17/h3-8,11,14,16H,9-10,12-13H2,1-2H3,(H,24,25)(H,26,28). The maximum atomic E-state index is 12.7. The van der Waals surface area contributed by atoms with Gasteiger partial charge in [-0.25, -0.2) is 9.97 Å². The van der Waals surface area contributed by atoms with E-state index in [-0.39, 0.29) is 5.91 Å². The van der Waals surface area contributed by atoms with E-state index in [0.29, 0.717) is 11.5 Å². The van der Waals surface area contributed by atoms with E-state index in [1.165, 1.54) is 5.69 Å². The molecule has 0 atom stereocenters. The van der Waals surface area contributed by atoms with Gasteiger partial charge in [-0.1, -0.05) is 0 Å². The van der Waals surface area contributed by atoms with Gasteiger partial charge in [0.25, 0.3) is 5.91 Å². The number of aromatic amines is 1. The van der Waals surface area contributed by atoms with Crippen molar-refractivity contribution in [3.8, 4) is 5.75 Å². The van der Waals surface area contributed by atoms with Crippen molar-refractivity contribution in [2.24, 2.45) is 0 Å². The monoisotopic (exact) mass is 391 g/mol. The number of ether oxygens (including phenoxy) is 1. The van der Waals surface area contributed by atoms with Gasteiger partial charge in [0.05, 0.1) is 24.8 Å². The number of carbonyl (C=O) groups excluding carboxylic acids is 1. The van der Waals surface area contributed by atoms with Crippen molar-refractivity contribution in [3.05, 3.63) is 65.9 Å². The molecule has 2 N–H and O–H groups in total. The Hall–Kier alpha value is -3.35. The molecule has 1 fully saturated rings. The lowest BCUT2D eigenvalue weighted by molar-refractivity contribution is 0.102. The summed E-state index contributed by atoms with van der Waals surface area (Å²) in [5.41, 5.74) is 3.61. The average Bonchev–Trinajstić information content (AvgIpc) is 3.20. The van der Waals surface area contributed by atoms with Gasteiger partial charge in [-0.2, -0.15) is 0 Å². The van der Waals surface area contributed by atoms with E-state index in [1.807, 2.05) is 12.1 Å². The molecule has 29 heavy (non-hydrogen) atoms. The lowest BCUT2D eigenvalue weighted by atomic mass is 9.92. The zero-order valence-corrected chi connectivity index (χ0v) is 16.7. The summed E-state index contributed by atoms with van der Waals surface area (Å²) in [7, 11) is 1.60. The van der Waals surface area contributed by atoms with Crippen LogP contribution in [-0.4, -0.2) is 41.1 Å². The number of carbonyl (C=O) groups is 1. The van der Waals surface area contributed by atoms with E-state index in [2.05, 4.69) is 32.1 Å². The molecule has 1 amide bonds. The smallest absolute Gasteiger partial charge is 0.255 e. The summed E-state index contributed by atoms with van der Waals surface area (Å²) in [6, 6.07) is 10.8. The number of hydrogen-bond donors (Lipinski definition) is 2. The molecule has 0 aliphatic carbocycles. The van der Waals surface area contributed by atoms with Crippen LogP contribution in [0.1, 0.15) is 40.5 Å². The summed E-state index contributed by atoms with van der Waals surface area (Å²) in [5.74, 6) is 1.83. The lowest BCUT2D eigenvalue weighted by Crippen LogP contribution is -2.34. The number of amides is 1. The quantitative estimate of drug-likeness (QED) is 0.692. The van der Waals surface area contributed by atoms with Crippen LogP contribution >= 0.6 is 0 Å². The Kier molecular flexibility index (Phi) is 5.46. The number of piperidine rings is 1. The molecule has 3 heterocycles. The molecule has 1 aliphatic heterocycles. The Labute approximate surface area is 170 Å². The number of aryl methyl sites for hydroxylation is 1. The van der Waals surface area contributed by atoms with Crippen molar-refractivity contribution in [2.45, 2.75) is 25.7 Å². The zero-order chi connectivity index (χ0) is 20.2. The molecule has 0 bridgehead atoms. The van der Waals surface area contributed by atoms with Crippen LogP contribution in [0.3, 0.4) is 0 Å². The van der Waals surface area contributed by atoms with Gasteiger partial charge in [-0.3, -0.25) is 4.79 Å². The molecular formula is C22H25N5O2. The first-order valence-corrected chi connectivity index (χ1v) is 9.81. The second-order valence-electron chi connectivity index (χ2n) is 7.23. The highest BCUT2D eigenvalue weighted by Gasteiger charge is 2.25. The predicted molar refractivity (Wildman–Crippen MR) is 113 cm³/mol. The molecular weight excluding hydrogens is 366 g/mol. The topological polar surface area (TPSA) is 83.1 Å². The molecule has 1 saturated heterocycles. The van der Waals surface area contributed by atoms with Crippen LogP contribution in [0.5, 0.6) is 5.75 Å². The predicted octanol–water partition coefficient (Wildman–Crippen LogP) is 3.76. The first kappa shape index (κ1) is 19.0. The van der Waals surface area contributed by atoms with Crippen molar-refractivity contribution in [2.75, 3.05) is 30.4 Å². The maximum absolute atomic E-state index is 12.7. The Morgan fingerprint density at radius 1 is 1.17 bits per heavy atom. The third-order valence-corrected chi connectivity index (χ3v) is 5.44. The van der Waals surface area contributed by atoms with Crippen LogP contribution in [0.2, 0.25) is 0 Å². The first-order valence-electron chi connectivity index (χ1n) is 9.81. The summed E-state index contributed by atoms with van der Waals surface area (Å²) in [5, 5.41) is 3.01. The molecule has 2 aromatic heterocycles. The zero-order valence-electron chi connectivity index (χ0n) is 16.7. The van der Waals surface area contributed by atoms with Gasteiger partial charge in [-0.05, 0) is 56.2 Å². The summed E-state index contributed by atoms with van der Waals surface area (Å²) < 4.78 is 5.15. The average molecular weight is 391 g/mol. The van der Waals surface area contributed by atoms with Crippen LogP contribution in [-0.2, 0) is 0 Å². The largest absolute Gasteiger partial charge is 0.497 e. The number of methoxy groups -OCH3 is 1. The van der Waals surface area contributed by atoms with Crippen LogP contribution in [0.4, 0.5) is 11.5 Å². The highest BCUT2D eigenvalue weighted by Crippen LogP contribution is 2.32. The lowest BCUT2D eigenvalue weighted by Gasteiger charge is -2.33. The summed E-state index contributed by atoms with van der Waals surface area (Å²) >= 11 is 0. The summed E-state index contributed by atoms with van der Waals surface area (Å²) in [6.45, 7) is 3.82. The fraction of sp³-hybridized carbons (Fsp3) is 0.318. The van der Waals surface area contributed by atoms with Gasteiger partial charge in [0.2, 0.25) is 0 Å². The third kappa shape index (κ3) is 4.08. The number of aromatic nitrogens is 3. The van der Waals surface area contributed by atoms with Gasteiger partial charge in [0.1, 0.15) is 5.75 Å². The van der Waals surface area contributed by atoms with Gasteiger partial charge >= 0.3 is 0 Å². The number of anilines is 2. The van der Waals surface area contributed by atoms with Crippen LogP contribution in [0.25, 0.3) is 0 Å². The fourth-order valence-corrected chi connectivity index (χ4v) is 3.83. The molecule has 0 spiro atoms. The number of pyridine rings is 1. The van der Waals surface area contributed by atoms with Crippen molar-refractivity contribution in [1.82, 2.24) is 15.0 Å². The van der Waals surface area contributed by atoms with Gasteiger partial charge < -0.3 is 19.9 Å². The van der Waals surface area contributed by atoms with Gasteiger partial charge in [0, 0.05) is 36.5 Å². The first-order chi connectivity index (χ1) is 14.2. The second-order valence-corrected chi connectivity index (χ2v) is 7.23. The minimum atomic E-state index is -0.163. The van der Waals surface area contributed by atoms with E-state index in [4.69, 9.17) is 4.74 Å². The van der Waals surface area contributed by atoms with E-state index >= 15 is 0 Å². The fourth-order valence-electron chi connectivity index (χ4n) is 3.83. The van der Waals surface area contributed by atoms with E-state index < -0.39 is 0 Å². The Morgan fingerprint density at radius 3 is 2.59 bits per heavy atom. The molecule has 4 rings (SSSR count). The minimum Gasteiger partial charge on any atom is -0.497 e. The molecule has 0 unspecified atom stereocenters. The van der Waals surface area contributed by atoms with Crippen molar-refractivity contribution in [3.63, 3.8) is 0 Å². The van der Waals surface area contributed by atoms with Crippen molar-refractivity contribution in [1.29, 1.82) is 0 Å². The summed E-state index contributed by atoms with van der Waals surface area (Å²) in [4.78, 5) is 27.1. The van der Waals surface area contributed by atoms with E-state index in [1.54, 1.807) is 43.9 Å². The van der Waals surface area contributed by atoms with Crippen LogP contribution in [0, 0.1) is 6.92 Å². The summed E-state index contributed by atoms with van der Waals surface area (Å²) in [6.07, 6.45) is 5.55. The molecule has 7 heteroatoms. The molecule has 3 aromatic rings. The number of hydrogen-bond acceptors (Lipinski definition) is 5. The maximum Gasteiger partial charge on any atom is 0.255 e. The Bertz CT molecular complexity index is 975. The number of nitrogens with one attached hydrogen (secondary N) is 2. The molecule has 1 aromatic carbocycles. The molecule has 7 nitrogen and oxygen atoms in total. The highest BCUT2D eigenvalue weighted by atomic mass is 16.5. The van der Waals surface area contributed by atoms with Crippen molar-refractivity contribution >= 4 is 17.4 Å². The second kappa shape index (κ2) is 8.34. The minimum absolute atomic E-state index is 0.163. The van der Waals surface area contributed by atoms with Gasteiger partial charge in [-0.15, -0.1) is 0 Å². The number of rotatable bonds is 5. The van der Waals surface area contributed by atoms with Crippen molar-refractivity contribution < 1.29 is 9.53 Å². The molecule has 0 radical (unpaired) electrons. The number of H-pyrrole nitrogens is 1. The molecule has 1 aliphatic rings. The Morgan fingerprint density at radius 2 is 1.93 bits per heavy atom. The third-order valence-electron chi connectivity index (χ3n) is 5.44. The molecule has 0 saturated carbocycles. The Balaban J connectivity index is 1.46. The SMILES string of the molecule is COc1ccc(C(=O)Nc2cccnc2N2CCC(c3nc[nH]c3C)CC2)cc1. The molecule has 150 valence electrons. The van der Waals surface area contributed by atoms with Gasteiger partial charge in [0.15, 0.2) is 5.82 Å². The number of benzene rings is 1. The van der Waals surface area contributed by atoms with E-state index in [9.17, 15) is 4.79 Å². The normalized spacial score (nSPS) is 14.6. The highest BCUT2D eigenvalue weighted by molar-refractivity contribution is 6.05. The van der Waals surface area contributed by atoms with E-state index in [0.717, 1.165) is 48.9 Å². The number of imidazole rings is 1. The van der Waals surface area contributed by atoms with Crippen LogP contribution < -0.4 is 15.0 Å². The van der Waals surface area contributed by atoms with Crippen LogP contribution in [0.15, 0.2) is 48.9 Å².